The smallest absolute Gasteiger partial charge is 0.397 e. The van der Waals surface area contributed by atoms with E-state index in [-0.39, 0.29) is 29.4 Å². The molecule has 2 heterocycles. The van der Waals surface area contributed by atoms with E-state index in [1.54, 1.807) is 0 Å². The third-order valence-corrected chi connectivity index (χ3v) is 4.82. The SMILES string of the molecule is CCCCOC(=O)c1ccc(-n2ccc(OCC3(C(F)(F)F)CC3)n2)nc1Cl. The first-order chi connectivity index (χ1) is 13.3. The van der Waals surface area contributed by atoms with Crippen LogP contribution >= 0.6 is 11.6 Å². The molecule has 0 radical (unpaired) electrons. The summed E-state index contributed by atoms with van der Waals surface area (Å²) in [7, 11) is 0. The molecule has 3 rings (SSSR count). The summed E-state index contributed by atoms with van der Waals surface area (Å²) in [5, 5.41) is 4.01. The second-order valence-corrected chi connectivity index (χ2v) is 7.02. The highest BCUT2D eigenvalue weighted by Gasteiger charge is 2.63. The van der Waals surface area contributed by atoms with Crippen molar-refractivity contribution in [2.75, 3.05) is 13.2 Å². The van der Waals surface area contributed by atoms with Gasteiger partial charge in [0, 0.05) is 12.3 Å². The molecule has 0 spiro atoms. The van der Waals surface area contributed by atoms with Gasteiger partial charge in [0.05, 0.1) is 12.2 Å². The molecule has 0 saturated heterocycles. The Labute approximate surface area is 164 Å². The normalized spacial score (nSPS) is 15.3. The van der Waals surface area contributed by atoms with Gasteiger partial charge in [-0.2, -0.15) is 13.2 Å². The van der Waals surface area contributed by atoms with Crippen LogP contribution in [0.25, 0.3) is 5.82 Å². The first kappa shape index (κ1) is 20.4. The Balaban J connectivity index is 1.65. The lowest BCUT2D eigenvalue weighted by atomic mass is 10.1. The van der Waals surface area contributed by atoms with E-state index in [4.69, 9.17) is 21.1 Å². The van der Waals surface area contributed by atoms with Crippen LogP contribution in [0.1, 0.15) is 43.0 Å². The van der Waals surface area contributed by atoms with E-state index in [9.17, 15) is 18.0 Å². The Hall–Kier alpha value is -2.29. The van der Waals surface area contributed by atoms with E-state index in [0.717, 1.165) is 12.8 Å². The molecule has 10 heteroatoms. The Bertz CT molecular complexity index is 850. The fourth-order valence-electron chi connectivity index (χ4n) is 2.48. The van der Waals surface area contributed by atoms with Crippen molar-refractivity contribution >= 4 is 17.6 Å². The Morgan fingerprint density at radius 3 is 2.68 bits per heavy atom. The summed E-state index contributed by atoms with van der Waals surface area (Å²) < 4.78 is 50.5. The number of rotatable bonds is 8. The van der Waals surface area contributed by atoms with Gasteiger partial charge in [0.1, 0.15) is 17.2 Å². The lowest BCUT2D eigenvalue weighted by Gasteiger charge is -2.18. The first-order valence-electron chi connectivity index (χ1n) is 8.85. The molecule has 0 N–H and O–H groups in total. The van der Waals surface area contributed by atoms with Crippen molar-refractivity contribution in [2.24, 2.45) is 5.41 Å². The number of carbonyl (C=O) groups excluding carboxylic acids is 1. The van der Waals surface area contributed by atoms with Crippen LogP contribution in [0.2, 0.25) is 5.15 Å². The van der Waals surface area contributed by atoms with Gasteiger partial charge < -0.3 is 9.47 Å². The number of hydrogen-bond acceptors (Lipinski definition) is 5. The van der Waals surface area contributed by atoms with E-state index in [2.05, 4.69) is 10.1 Å². The number of aromatic nitrogens is 3. The van der Waals surface area contributed by atoms with Crippen LogP contribution in [-0.2, 0) is 4.74 Å². The minimum absolute atomic E-state index is 0.0500. The van der Waals surface area contributed by atoms with Crippen LogP contribution in [0.15, 0.2) is 24.4 Å². The van der Waals surface area contributed by atoms with Crippen LogP contribution in [0, 0.1) is 5.41 Å². The average Bonchev–Trinajstić information content (AvgIpc) is 3.30. The second-order valence-electron chi connectivity index (χ2n) is 6.66. The number of esters is 1. The first-order valence-corrected chi connectivity index (χ1v) is 9.23. The zero-order valence-corrected chi connectivity index (χ0v) is 15.9. The number of halogens is 4. The third-order valence-electron chi connectivity index (χ3n) is 4.54. The maximum absolute atomic E-state index is 12.9. The van der Waals surface area contributed by atoms with Crippen molar-refractivity contribution in [3.8, 4) is 11.7 Å². The predicted octanol–water partition coefficient (Wildman–Crippen LogP) is 4.60. The van der Waals surface area contributed by atoms with Crippen LogP contribution in [0.3, 0.4) is 0 Å². The standard InChI is InChI=1S/C18H19ClF3N3O3/c1-2-3-10-27-16(26)12-4-5-13(23-15(12)19)25-9-6-14(24-25)28-11-17(7-8-17)18(20,21)22/h4-6,9H,2-3,7-8,10-11H2,1H3. The highest BCUT2D eigenvalue weighted by Crippen LogP contribution is 2.57. The largest absolute Gasteiger partial charge is 0.476 e. The maximum Gasteiger partial charge on any atom is 0.397 e. The van der Waals surface area contributed by atoms with Crippen LogP contribution in [0.4, 0.5) is 13.2 Å². The third kappa shape index (κ3) is 4.40. The summed E-state index contributed by atoms with van der Waals surface area (Å²) >= 11 is 6.06. The molecular weight excluding hydrogens is 399 g/mol. The van der Waals surface area contributed by atoms with Crippen molar-refractivity contribution in [3.05, 3.63) is 35.1 Å². The van der Waals surface area contributed by atoms with Gasteiger partial charge in [0.15, 0.2) is 5.82 Å². The van der Waals surface area contributed by atoms with Crippen molar-refractivity contribution in [1.82, 2.24) is 14.8 Å². The van der Waals surface area contributed by atoms with E-state index in [0.29, 0.717) is 12.4 Å². The average molecular weight is 418 g/mol. The molecule has 2 aromatic heterocycles. The molecule has 0 bridgehead atoms. The number of hydrogen-bond donors (Lipinski definition) is 0. The van der Waals surface area contributed by atoms with Crippen molar-refractivity contribution < 1.29 is 27.4 Å². The molecule has 1 fully saturated rings. The van der Waals surface area contributed by atoms with E-state index in [1.165, 1.54) is 29.1 Å². The van der Waals surface area contributed by atoms with Crippen LogP contribution < -0.4 is 4.74 Å². The van der Waals surface area contributed by atoms with Crippen molar-refractivity contribution in [3.63, 3.8) is 0 Å². The van der Waals surface area contributed by atoms with Crippen molar-refractivity contribution in [1.29, 1.82) is 0 Å². The van der Waals surface area contributed by atoms with Gasteiger partial charge in [-0.1, -0.05) is 24.9 Å². The summed E-state index contributed by atoms with van der Waals surface area (Å²) in [6, 6.07) is 4.41. The summed E-state index contributed by atoms with van der Waals surface area (Å²) in [6.45, 7) is 1.81. The van der Waals surface area contributed by atoms with Gasteiger partial charge in [-0.15, -0.1) is 5.10 Å². The topological polar surface area (TPSA) is 66.2 Å². The van der Waals surface area contributed by atoms with Gasteiger partial charge in [-0.05, 0) is 31.4 Å². The number of unbranched alkanes of at least 4 members (excludes halogenated alkanes) is 1. The number of alkyl halides is 3. The second kappa shape index (κ2) is 7.98. The molecule has 0 aliphatic heterocycles. The molecule has 0 aromatic carbocycles. The van der Waals surface area contributed by atoms with Crippen LogP contribution in [0.5, 0.6) is 5.88 Å². The number of pyridine rings is 1. The van der Waals surface area contributed by atoms with E-state index >= 15 is 0 Å². The van der Waals surface area contributed by atoms with E-state index in [1.807, 2.05) is 6.92 Å². The monoisotopic (exact) mass is 417 g/mol. The summed E-state index contributed by atoms with van der Waals surface area (Å²) in [4.78, 5) is 16.1. The molecule has 0 unspecified atom stereocenters. The number of carbonyl (C=O) groups is 1. The van der Waals surface area contributed by atoms with Gasteiger partial charge in [0.25, 0.3) is 0 Å². The fourth-order valence-corrected chi connectivity index (χ4v) is 2.70. The van der Waals surface area contributed by atoms with Gasteiger partial charge in [-0.25, -0.2) is 14.5 Å². The molecule has 28 heavy (non-hydrogen) atoms. The minimum atomic E-state index is -4.29. The van der Waals surface area contributed by atoms with Gasteiger partial charge >= 0.3 is 12.1 Å². The number of nitrogens with zero attached hydrogens (tertiary/aromatic N) is 3. The molecule has 6 nitrogen and oxygen atoms in total. The number of ether oxygens (including phenoxy) is 2. The summed E-state index contributed by atoms with van der Waals surface area (Å²) in [6.07, 6.45) is -1.03. The van der Waals surface area contributed by atoms with Gasteiger partial charge in [0.2, 0.25) is 5.88 Å². The predicted molar refractivity (Wildman–Crippen MR) is 94.8 cm³/mol. The van der Waals surface area contributed by atoms with Crippen LogP contribution in [-0.4, -0.2) is 40.1 Å². The van der Waals surface area contributed by atoms with Crippen molar-refractivity contribution in [2.45, 2.75) is 38.8 Å². The zero-order valence-electron chi connectivity index (χ0n) is 15.1. The lowest BCUT2D eigenvalue weighted by Crippen LogP contribution is -2.30. The highest BCUT2D eigenvalue weighted by atomic mass is 35.5. The molecular formula is C18H19ClF3N3O3. The Kier molecular flexibility index (Phi) is 5.83. The molecule has 152 valence electrons. The molecule has 0 amide bonds. The lowest BCUT2D eigenvalue weighted by molar-refractivity contribution is -0.194. The minimum Gasteiger partial charge on any atom is -0.476 e. The van der Waals surface area contributed by atoms with Gasteiger partial charge in [-0.3, -0.25) is 0 Å². The highest BCUT2D eigenvalue weighted by molar-refractivity contribution is 6.32. The molecule has 2 aromatic rings. The summed E-state index contributed by atoms with van der Waals surface area (Å²) in [5.41, 5.74) is -1.64. The summed E-state index contributed by atoms with van der Waals surface area (Å²) in [5.74, 6) is -0.220. The Morgan fingerprint density at radius 2 is 2.07 bits per heavy atom. The molecule has 1 aliphatic rings. The molecule has 1 aliphatic carbocycles. The fraction of sp³-hybridized carbons (Fsp3) is 0.500. The molecule has 1 saturated carbocycles. The zero-order chi connectivity index (χ0) is 20.4. The Morgan fingerprint density at radius 1 is 1.32 bits per heavy atom. The maximum atomic E-state index is 12.9. The molecule has 0 atom stereocenters. The quantitative estimate of drug-likeness (QED) is 0.357. The van der Waals surface area contributed by atoms with E-state index < -0.39 is 24.2 Å².